The topological polar surface area (TPSA) is 63.6 Å². The second-order valence-electron chi connectivity index (χ2n) is 1.86. The van der Waals surface area contributed by atoms with Gasteiger partial charge in [0.2, 0.25) is 0 Å². The number of carbonyl (C=O) groups excluding carboxylic acids is 1. The molecule has 0 aromatic carbocycles. The van der Waals surface area contributed by atoms with Crippen LogP contribution in [0.25, 0.3) is 0 Å². The van der Waals surface area contributed by atoms with Gasteiger partial charge in [0.15, 0.2) is 0 Å². The third-order valence-electron chi connectivity index (χ3n) is 0.509. The first-order valence-corrected chi connectivity index (χ1v) is 9.46. The van der Waals surface area contributed by atoms with E-state index in [4.69, 9.17) is 12.5 Å². The van der Waals surface area contributed by atoms with Crippen LogP contribution in [0.15, 0.2) is 0 Å². The van der Waals surface area contributed by atoms with Gasteiger partial charge in [-0.25, -0.2) is 0 Å². The fourth-order valence-corrected chi connectivity index (χ4v) is 2.16. The summed E-state index contributed by atoms with van der Waals surface area (Å²) in [6.07, 6.45) is 0. The van der Waals surface area contributed by atoms with Gasteiger partial charge in [0, 0.05) is 6.92 Å². The quantitative estimate of drug-likeness (QED) is 0.758. The van der Waals surface area contributed by atoms with Crippen LogP contribution in [0, 0.1) is 0 Å². The normalized spacial score (nSPS) is 6.82. The van der Waals surface area contributed by atoms with Crippen LogP contribution in [0.2, 0.25) is 3.93 Å². The molecular weight excluding hydrogens is 337 g/mol. The standard InChI is InChI=1S/2C2H4O2.C2H5.Hg/c2*1-2(3)4;1-2;/h2*1H3,(H,3,4);1H2,2H3;/q;;;+1/p-1. The molecule has 0 aliphatic carbocycles. The Labute approximate surface area is 79.0 Å². The van der Waals surface area contributed by atoms with Crippen molar-refractivity contribution in [2.45, 2.75) is 24.7 Å². The van der Waals surface area contributed by atoms with Crippen molar-refractivity contribution in [3.05, 3.63) is 0 Å². The van der Waals surface area contributed by atoms with Crippen LogP contribution < -0.4 is 0 Å². The van der Waals surface area contributed by atoms with E-state index in [9.17, 15) is 4.79 Å². The summed E-state index contributed by atoms with van der Waals surface area (Å²) >= 11 is -1.09. The SMILES string of the molecule is CC(=O)O.C[CH2][Hg][O]C(C)=O. The summed E-state index contributed by atoms with van der Waals surface area (Å²) < 4.78 is 5.90. The molecule has 0 saturated carbocycles. The van der Waals surface area contributed by atoms with Crippen molar-refractivity contribution >= 4 is 11.9 Å². The van der Waals surface area contributed by atoms with Gasteiger partial charge in [0.25, 0.3) is 5.97 Å². The van der Waals surface area contributed by atoms with E-state index < -0.39 is 31.0 Å². The number of carboxylic acid groups (broad SMARTS) is 1. The van der Waals surface area contributed by atoms with E-state index in [1.165, 1.54) is 6.92 Å². The summed E-state index contributed by atoms with van der Waals surface area (Å²) in [6, 6.07) is 0. The second-order valence-corrected chi connectivity index (χ2v) is 8.46. The monoisotopic (exact) mass is 350 g/mol. The fourth-order valence-electron chi connectivity index (χ4n) is 0.246. The third-order valence-corrected chi connectivity index (χ3v) is 4.47. The van der Waals surface area contributed by atoms with E-state index >= 15 is 0 Å². The molecule has 0 aromatic rings. The number of aliphatic carboxylic acids is 1. The maximum atomic E-state index is 10.0. The van der Waals surface area contributed by atoms with Gasteiger partial charge in [0.05, 0.1) is 0 Å². The average molecular weight is 349 g/mol. The van der Waals surface area contributed by atoms with E-state index in [-0.39, 0.29) is 5.97 Å². The van der Waals surface area contributed by atoms with Crippen molar-refractivity contribution in [2.75, 3.05) is 0 Å². The Morgan fingerprint density at radius 3 is 1.91 bits per heavy atom. The Balaban J connectivity index is 0. The molecule has 0 heterocycles. The predicted molar refractivity (Wildman–Crippen MR) is 35.6 cm³/mol. The summed E-state index contributed by atoms with van der Waals surface area (Å²) in [5.41, 5.74) is 0. The molecule has 4 nitrogen and oxygen atoms in total. The molecule has 62 valence electrons. The Morgan fingerprint density at radius 2 is 1.82 bits per heavy atom. The van der Waals surface area contributed by atoms with Crippen molar-refractivity contribution in [3.63, 3.8) is 0 Å². The molecule has 0 radical (unpaired) electrons. The summed E-state index contributed by atoms with van der Waals surface area (Å²) in [5.74, 6) is -0.927. The first kappa shape index (κ1) is 13.5. The number of hydrogen-bond acceptors (Lipinski definition) is 3. The van der Waals surface area contributed by atoms with Crippen LogP contribution in [0.5, 0.6) is 0 Å². The van der Waals surface area contributed by atoms with Gasteiger partial charge in [-0.3, -0.25) is 4.79 Å². The zero-order valence-corrected chi connectivity index (χ0v) is 12.6. The van der Waals surface area contributed by atoms with Crippen LogP contribution in [0.4, 0.5) is 0 Å². The summed E-state index contributed by atoms with van der Waals surface area (Å²) in [6.45, 7) is 4.61. The van der Waals surface area contributed by atoms with Gasteiger partial charge in [-0.15, -0.1) is 0 Å². The molecule has 0 aliphatic heterocycles. The van der Waals surface area contributed by atoms with Gasteiger partial charge < -0.3 is 5.11 Å². The van der Waals surface area contributed by atoms with Crippen molar-refractivity contribution in [3.8, 4) is 0 Å². The fraction of sp³-hybridized carbons (Fsp3) is 0.667. The van der Waals surface area contributed by atoms with Gasteiger partial charge in [-0.2, -0.15) is 0 Å². The Morgan fingerprint density at radius 1 is 1.45 bits per heavy atom. The first-order chi connectivity index (χ1) is 5.00. The Bertz CT molecular complexity index is 120. The molecule has 0 atom stereocenters. The Hall–Kier alpha value is -0.125. The molecule has 0 aromatic heterocycles. The molecule has 5 heteroatoms. The molecule has 1 N–H and O–H groups in total. The van der Waals surface area contributed by atoms with E-state index in [0.29, 0.717) is 0 Å². The molecule has 0 saturated heterocycles. The van der Waals surface area contributed by atoms with E-state index in [1.807, 2.05) is 0 Å². The van der Waals surface area contributed by atoms with E-state index in [0.717, 1.165) is 10.9 Å². The van der Waals surface area contributed by atoms with Crippen LogP contribution in [0.3, 0.4) is 0 Å². The van der Waals surface area contributed by atoms with Crippen LogP contribution >= 0.6 is 0 Å². The van der Waals surface area contributed by atoms with Gasteiger partial charge in [0.1, 0.15) is 0 Å². The zero-order valence-electron chi connectivity index (χ0n) is 7.09. The summed E-state index contributed by atoms with van der Waals surface area (Å²) in [5, 5.41) is 7.42. The zero-order chi connectivity index (χ0) is 9.28. The summed E-state index contributed by atoms with van der Waals surface area (Å²) in [4.78, 5) is 19.0. The van der Waals surface area contributed by atoms with E-state index in [2.05, 4.69) is 6.92 Å². The van der Waals surface area contributed by atoms with Crippen LogP contribution in [-0.2, 0) is 37.3 Å². The number of carboxylic acids is 1. The molecule has 0 aliphatic rings. The molecule has 0 fully saturated rings. The van der Waals surface area contributed by atoms with Gasteiger partial charge >= 0.3 is 56.2 Å². The van der Waals surface area contributed by atoms with Crippen molar-refractivity contribution in [1.82, 2.24) is 0 Å². The van der Waals surface area contributed by atoms with Crippen molar-refractivity contribution in [1.29, 1.82) is 0 Å². The molecule has 0 unspecified atom stereocenters. The van der Waals surface area contributed by atoms with Gasteiger partial charge in [-0.05, 0) is 0 Å². The average Bonchev–Trinajstić information content (AvgIpc) is 1.82. The predicted octanol–water partition coefficient (Wildman–Crippen LogP) is 1.08. The molecule has 0 amide bonds. The number of rotatable bonds is 2. The van der Waals surface area contributed by atoms with Crippen molar-refractivity contribution < 1.29 is 42.4 Å². The van der Waals surface area contributed by atoms with Crippen molar-refractivity contribution in [2.24, 2.45) is 0 Å². The molecule has 11 heavy (non-hydrogen) atoms. The number of hydrogen-bond donors (Lipinski definition) is 1. The van der Waals surface area contributed by atoms with Gasteiger partial charge in [-0.1, -0.05) is 0 Å². The first-order valence-electron chi connectivity index (χ1n) is 3.33. The second kappa shape index (κ2) is 9.88. The van der Waals surface area contributed by atoms with E-state index in [1.54, 1.807) is 0 Å². The Kier molecular flexibility index (Phi) is 12.1. The van der Waals surface area contributed by atoms with Crippen LogP contribution in [-0.4, -0.2) is 17.0 Å². The molecule has 0 spiro atoms. The molecule has 0 bridgehead atoms. The third kappa shape index (κ3) is 40.8. The molecule has 0 rings (SSSR count). The number of carbonyl (C=O) groups is 2. The van der Waals surface area contributed by atoms with Crippen LogP contribution in [0.1, 0.15) is 20.8 Å². The summed E-state index contributed by atoms with van der Waals surface area (Å²) in [7, 11) is 0. The minimum absolute atomic E-state index is 0.0940. The minimum atomic E-state index is -1.09. The molecular formula is C6H12HgO4. The maximum absolute atomic E-state index is 10.0.